The molecule has 3 aromatic carbocycles. The lowest BCUT2D eigenvalue weighted by Crippen LogP contribution is -2.54. The zero-order valence-corrected chi connectivity index (χ0v) is 37.4. The van der Waals surface area contributed by atoms with Crippen LogP contribution in [0.2, 0.25) is 0 Å². The minimum Gasteiger partial charge on any atom is -0.489 e. The van der Waals surface area contributed by atoms with Gasteiger partial charge in [-0.25, -0.2) is 18.1 Å². The van der Waals surface area contributed by atoms with Gasteiger partial charge in [0, 0.05) is 54.6 Å². The summed E-state index contributed by atoms with van der Waals surface area (Å²) >= 11 is 0. The number of likely N-dealkylation sites (tertiary alicyclic amines) is 1. The number of pyridine rings is 1. The van der Waals surface area contributed by atoms with E-state index in [9.17, 15) is 13.2 Å². The number of sulfonamides is 1. The molecule has 3 aliphatic heterocycles. The van der Waals surface area contributed by atoms with E-state index in [1.165, 1.54) is 55.5 Å². The topological polar surface area (TPSA) is 158 Å². The van der Waals surface area contributed by atoms with Crippen molar-refractivity contribution in [3.8, 4) is 17.2 Å². The normalized spacial score (nSPS) is 21.5. The molecular formula is C48H60N8O5S. The zero-order chi connectivity index (χ0) is 43.4. The third kappa shape index (κ3) is 8.32. The molecule has 2 aromatic heterocycles. The smallest absolute Gasteiger partial charge is 0.268 e. The number of piperidine rings is 1. The molecule has 0 bridgehead atoms. The first kappa shape index (κ1) is 42.0. The number of aromatic nitrogens is 2. The van der Waals surface area contributed by atoms with E-state index in [0.29, 0.717) is 52.9 Å². The van der Waals surface area contributed by atoms with Crippen LogP contribution in [0.1, 0.15) is 99.2 Å². The van der Waals surface area contributed by atoms with Crippen LogP contribution in [0.25, 0.3) is 11.0 Å². The average molecular weight is 861 g/mol. The van der Waals surface area contributed by atoms with E-state index in [0.717, 1.165) is 50.0 Å². The van der Waals surface area contributed by atoms with Crippen molar-refractivity contribution in [2.75, 3.05) is 62.8 Å². The maximum atomic E-state index is 14.0. The quantitative estimate of drug-likeness (QED) is 0.0895. The summed E-state index contributed by atoms with van der Waals surface area (Å²) in [6, 6.07) is 22.0. The monoisotopic (exact) mass is 860 g/mol. The van der Waals surface area contributed by atoms with E-state index in [1.807, 2.05) is 45.3 Å². The van der Waals surface area contributed by atoms with Gasteiger partial charge in [0.1, 0.15) is 35.2 Å². The molecule has 62 heavy (non-hydrogen) atoms. The molecule has 5 N–H and O–H groups in total. The number of carbonyl (C=O) groups is 1. The molecule has 14 heteroatoms. The fourth-order valence-electron chi connectivity index (χ4n) is 10.2. The number of nitrogens with two attached hydrogens (primary N) is 1. The molecule has 5 aromatic rings. The predicted octanol–water partition coefficient (Wildman–Crippen LogP) is 8.28. The average Bonchev–Trinajstić information content (AvgIpc) is 3.92. The van der Waals surface area contributed by atoms with Crippen molar-refractivity contribution in [2.24, 2.45) is 5.41 Å². The highest BCUT2D eigenvalue weighted by atomic mass is 32.2. The van der Waals surface area contributed by atoms with Gasteiger partial charge in [-0.2, -0.15) is 0 Å². The Morgan fingerprint density at radius 3 is 2.63 bits per heavy atom. The number of aromatic amines is 1. The molecular weight excluding hydrogens is 801 g/mol. The van der Waals surface area contributed by atoms with E-state index in [4.69, 9.17) is 15.2 Å². The second-order valence-corrected chi connectivity index (χ2v) is 20.6. The molecule has 0 radical (unpaired) electrons. The number of fused-ring (bicyclic) bond motifs is 2. The van der Waals surface area contributed by atoms with Crippen LogP contribution in [-0.4, -0.2) is 92.6 Å². The number of H-pyrrole nitrogens is 1. The number of ether oxygens (including phenoxy) is 2. The zero-order valence-electron chi connectivity index (χ0n) is 36.5. The van der Waals surface area contributed by atoms with Crippen LogP contribution in [0.5, 0.6) is 17.2 Å². The second-order valence-electron chi connectivity index (χ2n) is 18.9. The van der Waals surface area contributed by atoms with Crippen molar-refractivity contribution in [3.63, 3.8) is 0 Å². The largest absolute Gasteiger partial charge is 0.489 e. The Morgan fingerprint density at radius 2 is 1.85 bits per heavy atom. The number of hydrogen-bond acceptors (Lipinski definition) is 11. The predicted molar refractivity (Wildman–Crippen MR) is 245 cm³/mol. The molecule has 328 valence electrons. The van der Waals surface area contributed by atoms with E-state index in [2.05, 4.69) is 72.8 Å². The van der Waals surface area contributed by atoms with Gasteiger partial charge in [0.05, 0.1) is 27.9 Å². The molecule has 1 amide bonds. The summed E-state index contributed by atoms with van der Waals surface area (Å²) in [5, 5.41) is 4.31. The number of rotatable bonds is 12. The third-order valence-electron chi connectivity index (χ3n) is 13.8. The lowest BCUT2D eigenvalue weighted by Gasteiger charge is -2.56. The van der Waals surface area contributed by atoms with Gasteiger partial charge in [0.25, 0.3) is 15.9 Å². The molecule has 9 rings (SSSR count). The van der Waals surface area contributed by atoms with Crippen LogP contribution in [-0.2, 0) is 10.0 Å². The number of anilines is 3. The standard InChI is InChI=1S/C48H60N8O5S/c1-31(2)37-9-6-7-10-38(37)41-11-8-19-56(41)34-27-48(28-34)16-21-55(22-17-48)33-12-13-39(42(24-33)61-35-23-32-14-18-50-45(32)51-29-35)46(57)53-62(58,59)36-25-40(49)44-43(26-36)60-30-47(3,52-44)15-20-54(4)5/h6-7,9-10,12-14,18,23-26,29,31,34,41,52H,8,11,15-17,19-22,27-28,30,49H2,1-5H3,(H,50,51)(H,53,57)/t41-,47?/m0/s1. The number of carbonyl (C=O) groups excluding carboxylic acids is 1. The highest BCUT2D eigenvalue weighted by Crippen LogP contribution is 2.54. The second kappa shape index (κ2) is 16.4. The Morgan fingerprint density at radius 1 is 1.06 bits per heavy atom. The lowest BCUT2D eigenvalue weighted by molar-refractivity contribution is -0.0227. The van der Waals surface area contributed by atoms with Gasteiger partial charge in [0.15, 0.2) is 0 Å². The highest BCUT2D eigenvalue weighted by molar-refractivity contribution is 7.90. The van der Waals surface area contributed by atoms with Crippen LogP contribution in [0.4, 0.5) is 17.1 Å². The summed E-state index contributed by atoms with van der Waals surface area (Å²) in [5.74, 6) is 0.645. The minimum atomic E-state index is -4.38. The Labute approximate surface area is 365 Å². The lowest BCUT2D eigenvalue weighted by atomic mass is 9.59. The van der Waals surface area contributed by atoms with Gasteiger partial charge in [-0.3, -0.25) is 9.69 Å². The van der Waals surface area contributed by atoms with Gasteiger partial charge in [0.2, 0.25) is 0 Å². The van der Waals surface area contributed by atoms with E-state index in [-0.39, 0.29) is 21.9 Å². The van der Waals surface area contributed by atoms with Crippen LogP contribution >= 0.6 is 0 Å². The number of nitrogens with zero attached hydrogens (tertiary/aromatic N) is 4. The Bertz CT molecular complexity index is 2580. The first-order valence-corrected chi connectivity index (χ1v) is 23.6. The van der Waals surface area contributed by atoms with Gasteiger partial charge < -0.3 is 35.3 Å². The number of nitrogens with one attached hydrogen (secondary N) is 3. The summed E-state index contributed by atoms with van der Waals surface area (Å²) in [6.07, 6.45) is 11.3. The van der Waals surface area contributed by atoms with Crippen LogP contribution in [0.3, 0.4) is 0 Å². The van der Waals surface area contributed by atoms with Crippen molar-refractivity contribution in [2.45, 2.75) is 94.2 Å². The van der Waals surface area contributed by atoms with Crippen molar-refractivity contribution < 1.29 is 22.7 Å². The number of benzene rings is 3. The van der Waals surface area contributed by atoms with Crippen LogP contribution < -0.4 is 30.1 Å². The molecule has 4 aliphatic rings. The molecule has 13 nitrogen and oxygen atoms in total. The number of nitrogen functional groups attached to an aromatic ring is 1. The minimum absolute atomic E-state index is 0.0709. The fraction of sp³-hybridized carbons (Fsp3) is 0.458. The van der Waals surface area contributed by atoms with Crippen LogP contribution in [0, 0.1) is 5.41 Å². The van der Waals surface area contributed by atoms with E-state index >= 15 is 0 Å². The molecule has 2 saturated heterocycles. The molecule has 1 unspecified atom stereocenters. The molecule has 2 atom stereocenters. The summed E-state index contributed by atoms with van der Waals surface area (Å²) in [5.41, 5.74) is 11.8. The molecule has 1 saturated carbocycles. The highest BCUT2D eigenvalue weighted by Gasteiger charge is 2.50. The first-order chi connectivity index (χ1) is 29.7. The van der Waals surface area contributed by atoms with Gasteiger partial charge in [-0.05, 0) is 132 Å². The van der Waals surface area contributed by atoms with Crippen molar-refractivity contribution in [1.29, 1.82) is 0 Å². The molecule has 3 fully saturated rings. The summed E-state index contributed by atoms with van der Waals surface area (Å²) in [4.78, 5) is 28.7. The summed E-state index contributed by atoms with van der Waals surface area (Å²) in [6.45, 7) is 10.7. The van der Waals surface area contributed by atoms with E-state index in [1.54, 1.807) is 18.5 Å². The molecule has 1 aliphatic carbocycles. The first-order valence-electron chi connectivity index (χ1n) is 22.1. The molecule has 5 heterocycles. The van der Waals surface area contributed by atoms with Crippen LogP contribution in [0.15, 0.2) is 84.0 Å². The van der Waals surface area contributed by atoms with Crippen molar-refractivity contribution >= 4 is 44.0 Å². The van der Waals surface area contributed by atoms with Crippen molar-refractivity contribution in [3.05, 3.63) is 95.8 Å². The maximum absolute atomic E-state index is 14.0. The van der Waals surface area contributed by atoms with Gasteiger partial charge >= 0.3 is 0 Å². The molecule has 1 spiro atoms. The number of hydrogen-bond donors (Lipinski definition) is 4. The Kier molecular flexibility index (Phi) is 11.1. The number of amides is 1. The van der Waals surface area contributed by atoms with Gasteiger partial charge in [-0.1, -0.05) is 38.1 Å². The SMILES string of the molecule is CC(C)c1ccccc1[C@@H]1CCCN1C1CC2(CCN(c3ccc(C(=O)NS(=O)(=O)c4cc(N)c5c(c4)OCC(C)(CCN(C)C)N5)c(Oc4cnc5[nH]ccc5c4)c3)CC2)C1. The fourth-order valence-corrected chi connectivity index (χ4v) is 11.2. The van der Waals surface area contributed by atoms with E-state index < -0.39 is 21.5 Å². The van der Waals surface area contributed by atoms with Gasteiger partial charge in [-0.15, -0.1) is 0 Å². The van der Waals surface area contributed by atoms with Crippen molar-refractivity contribution in [1.82, 2.24) is 24.5 Å². The Hall–Kier alpha value is -5.31. The summed E-state index contributed by atoms with van der Waals surface area (Å²) in [7, 11) is -0.366. The Balaban J connectivity index is 0.909. The maximum Gasteiger partial charge on any atom is 0.268 e. The summed E-state index contributed by atoms with van der Waals surface area (Å²) < 4.78 is 42.5. The third-order valence-corrected chi connectivity index (χ3v) is 15.1.